The summed E-state index contributed by atoms with van der Waals surface area (Å²) in [6, 6.07) is -0.591. The highest BCUT2D eigenvalue weighted by molar-refractivity contribution is 7.99. The van der Waals surface area contributed by atoms with Gasteiger partial charge in [0, 0.05) is 18.2 Å². The molecule has 1 saturated heterocycles. The van der Waals surface area contributed by atoms with E-state index in [-0.39, 0.29) is 54.2 Å². The van der Waals surface area contributed by atoms with E-state index in [0.29, 0.717) is 5.22 Å². The van der Waals surface area contributed by atoms with Crippen LogP contribution in [0.2, 0.25) is 0 Å². The van der Waals surface area contributed by atoms with Crippen molar-refractivity contribution < 1.29 is 14.0 Å². The van der Waals surface area contributed by atoms with Gasteiger partial charge in [0.2, 0.25) is 11.7 Å². The van der Waals surface area contributed by atoms with Crippen LogP contribution in [-0.4, -0.2) is 60.4 Å². The van der Waals surface area contributed by atoms with Gasteiger partial charge >= 0.3 is 0 Å². The van der Waals surface area contributed by atoms with Gasteiger partial charge in [-0.2, -0.15) is 0 Å². The maximum Gasteiger partial charge on any atom is 0.286 e. The second-order valence-corrected chi connectivity index (χ2v) is 8.64. The number of piperidine rings is 1. The van der Waals surface area contributed by atoms with E-state index < -0.39 is 6.04 Å². The van der Waals surface area contributed by atoms with Crippen molar-refractivity contribution in [3.63, 3.8) is 0 Å². The number of aromatic nitrogens is 2. The normalized spacial score (nSPS) is 18.7. The van der Waals surface area contributed by atoms with Crippen LogP contribution in [0.1, 0.15) is 55.6 Å². The lowest BCUT2D eigenvalue weighted by atomic mass is 9.85. The molecule has 11 heteroatoms. The minimum absolute atomic E-state index is 0. The first-order chi connectivity index (χ1) is 13.7. The third-order valence-electron chi connectivity index (χ3n) is 5.61. The SMILES string of the molecule is CNCCSc1nnc(C(=O)C(NC(=O)C2CCCCC2)C2CCNCC2)o1.Cl.Cl. The first-order valence-electron chi connectivity index (χ1n) is 10.3. The zero-order chi connectivity index (χ0) is 19.8. The molecule has 0 bridgehead atoms. The Morgan fingerprint density at radius 1 is 1.13 bits per heavy atom. The van der Waals surface area contributed by atoms with Crippen LogP contribution < -0.4 is 16.0 Å². The van der Waals surface area contributed by atoms with Crippen LogP contribution in [0.25, 0.3) is 0 Å². The summed E-state index contributed by atoms with van der Waals surface area (Å²) in [7, 11) is 1.88. The van der Waals surface area contributed by atoms with E-state index in [4.69, 9.17) is 4.42 Å². The molecule has 8 nitrogen and oxygen atoms in total. The molecular formula is C19H33Cl2N5O3S. The van der Waals surface area contributed by atoms with Crippen molar-refractivity contribution in [1.29, 1.82) is 0 Å². The molecule has 1 aliphatic carbocycles. The van der Waals surface area contributed by atoms with E-state index in [1.54, 1.807) is 0 Å². The quantitative estimate of drug-likeness (QED) is 0.280. The van der Waals surface area contributed by atoms with Crippen molar-refractivity contribution in [3.05, 3.63) is 5.89 Å². The van der Waals surface area contributed by atoms with Crippen molar-refractivity contribution >= 4 is 48.3 Å². The third kappa shape index (κ3) is 7.67. The molecule has 2 aliphatic rings. The van der Waals surface area contributed by atoms with Crippen LogP contribution in [0.3, 0.4) is 0 Å². The summed E-state index contributed by atoms with van der Waals surface area (Å²) in [6.45, 7) is 2.51. The van der Waals surface area contributed by atoms with E-state index in [1.165, 1.54) is 18.2 Å². The lowest BCUT2D eigenvalue weighted by molar-refractivity contribution is -0.126. The van der Waals surface area contributed by atoms with Gasteiger partial charge in [0.05, 0.1) is 0 Å². The van der Waals surface area contributed by atoms with E-state index in [0.717, 1.165) is 63.9 Å². The summed E-state index contributed by atoms with van der Waals surface area (Å²) in [5.74, 6) is 0.625. The molecule has 1 unspecified atom stereocenters. The first-order valence-corrected chi connectivity index (χ1v) is 11.3. The molecule has 30 heavy (non-hydrogen) atoms. The average molecular weight is 482 g/mol. The highest BCUT2D eigenvalue weighted by Gasteiger charge is 2.36. The predicted octanol–water partition coefficient (Wildman–Crippen LogP) is 2.47. The summed E-state index contributed by atoms with van der Waals surface area (Å²) in [4.78, 5) is 26.0. The van der Waals surface area contributed by atoms with Crippen molar-refractivity contribution in [1.82, 2.24) is 26.1 Å². The third-order valence-corrected chi connectivity index (χ3v) is 6.43. The Morgan fingerprint density at radius 2 is 1.83 bits per heavy atom. The number of rotatable bonds is 9. The maximum atomic E-state index is 13.2. The highest BCUT2D eigenvalue weighted by atomic mass is 35.5. The van der Waals surface area contributed by atoms with Gasteiger partial charge in [0.1, 0.15) is 6.04 Å². The molecule has 1 saturated carbocycles. The number of amides is 1. The number of nitrogens with one attached hydrogen (secondary N) is 3. The molecule has 2 fully saturated rings. The number of nitrogens with zero attached hydrogens (tertiary/aromatic N) is 2. The number of carbonyl (C=O) groups is 2. The van der Waals surface area contributed by atoms with Crippen LogP contribution in [0, 0.1) is 11.8 Å². The van der Waals surface area contributed by atoms with Gasteiger partial charge in [-0.05, 0) is 51.7 Å². The summed E-state index contributed by atoms with van der Waals surface area (Å²) < 4.78 is 5.59. The summed E-state index contributed by atoms with van der Waals surface area (Å²) in [5.41, 5.74) is 0. The Hall–Kier alpha value is -0.870. The molecule has 3 rings (SSSR count). The molecule has 1 amide bonds. The highest BCUT2D eigenvalue weighted by Crippen LogP contribution is 2.26. The van der Waals surface area contributed by atoms with Gasteiger partial charge in [0.25, 0.3) is 11.1 Å². The number of halogens is 2. The van der Waals surface area contributed by atoms with E-state index in [1.807, 2.05) is 7.05 Å². The second kappa shape index (κ2) is 14.2. The van der Waals surface area contributed by atoms with Crippen molar-refractivity contribution in [2.75, 3.05) is 32.4 Å². The molecule has 172 valence electrons. The average Bonchev–Trinajstić information content (AvgIpc) is 3.22. The molecule has 0 radical (unpaired) electrons. The number of hydrogen-bond acceptors (Lipinski definition) is 8. The topological polar surface area (TPSA) is 109 Å². The van der Waals surface area contributed by atoms with Gasteiger partial charge in [-0.3, -0.25) is 9.59 Å². The fourth-order valence-electron chi connectivity index (χ4n) is 3.95. The molecule has 2 heterocycles. The van der Waals surface area contributed by atoms with Gasteiger partial charge < -0.3 is 20.4 Å². The van der Waals surface area contributed by atoms with Gasteiger partial charge in [-0.25, -0.2) is 0 Å². The molecule has 1 aromatic rings. The van der Waals surface area contributed by atoms with Crippen LogP contribution in [0.4, 0.5) is 0 Å². The molecule has 1 aliphatic heterocycles. The molecule has 1 aromatic heterocycles. The Labute approximate surface area is 194 Å². The Morgan fingerprint density at radius 3 is 2.50 bits per heavy atom. The zero-order valence-electron chi connectivity index (χ0n) is 17.4. The Balaban J connectivity index is 0.00000225. The summed E-state index contributed by atoms with van der Waals surface area (Å²) in [6.07, 6.45) is 6.87. The van der Waals surface area contributed by atoms with Crippen molar-refractivity contribution in [2.24, 2.45) is 11.8 Å². The standard InChI is InChI=1S/C19H31N5O3S.2ClH/c1-20-11-12-28-19-24-23-18(27-19)16(25)15(13-7-9-21-10-8-13)22-17(26)14-5-3-2-4-6-14;;/h13-15,20-21H,2-12H2,1H3,(H,22,26);2*1H. The number of thioether (sulfide) groups is 1. The predicted molar refractivity (Wildman–Crippen MR) is 122 cm³/mol. The number of hydrogen-bond donors (Lipinski definition) is 3. The van der Waals surface area contributed by atoms with Crippen molar-refractivity contribution in [3.8, 4) is 0 Å². The van der Waals surface area contributed by atoms with Crippen LogP contribution in [0.15, 0.2) is 9.64 Å². The molecule has 0 spiro atoms. The van der Waals surface area contributed by atoms with Crippen LogP contribution in [-0.2, 0) is 4.79 Å². The van der Waals surface area contributed by atoms with E-state index >= 15 is 0 Å². The number of carbonyl (C=O) groups excluding carboxylic acids is 2. The molecule has 0 aromatic carbocycles. The van der Waals surface area contributed by atoms with Gasteiger partial charge in [-0.1, -0.05) is 31.0 Å². The fourth-order valence-corrected chi connectivity index (χ4v) is 4.67. The largest absolute Gasteiger partial charge is 0.408 e. The van der Waals surface area contributed by atoms with Gasteiger partial charge in [-0.15, -0.1) is 35.0 Å². The van der Waals surface area contributed by atoms with E-state index in [9.17, 15) is 9.59 Å². The first kappa shape index (κ1) is 27.2. The number of Topliss-reactive ketones (excluding diaryl/α,β-unsaturated/α-hetero) is 1. The minimum atomic E-state index is -0.591. The molecular weight excluding hydrogens is 449 g/mol. The van der Waals surface area contributed by atoms with Crippen LogP contribution >= 0.6 is 36.6 Å². The van der Waals surface area contributed by atoms with E-state index in [2.05, 4.69) is 26.1 Å². The summed E-state index contributed by atoms with van der Waals surface area (Å²) in [5, 5.41) is 17.7. The minimum Gasteiger partial charge on any atom is -0.408 e. The van der Waals surface area contributed by atoms with Gasteiger partial charge in [0.15, 0.2) is 0 Å². The second-order valence-electron chi connectivity index (χ2n) is 7.60. The Kier molecular flexibility index (Phi) is 12.9. The lowest BCUT2D eigenvalue weighted by Crippen LogP contribution is -2.50. The smallest absolute Gasteiger partial charge is 0.286 e. The van der Waals surface area contributed by atoms with Crippen molar-refractivity contribution in [2.45, 2.75) is 56.2 Å². The summed E-state index contributed by atoms with van der Waals surface area (Å²) >= 11 is 1.41. The maximum absolute atomic E-state index is 13.2. The monoisotopic (exact) mass is 481 g/mol. The zero-order valence-corrected chi connectivity index (χ0v) is 19.8. The molecule has 1 atom stereocenters. The lowest BCUT2D eigenvalue weighted by Gasteiger charge is -2.31. The van der Waals surface area contributed by atoms with Crippen LogP contribution in [0.5, 0.6) is 0 Å². The Bertz CT molecular complexity index is 652. The molecule has 3 N–H and O–H groups in total. The fraction of sp³-hybridized carbons (Fsp3) is 0.789. The number of ketones is 1.